The Morgan fingerprint density at radius 2 is 1.89 bits per heavy atom. The SMILES string of the molecule is CCN(Cc1cccs1)S(=O)(=O)c1ccc(Br)cc1. The summed E-state index contributed by atoms with van der Waals surface area (Å²) in [4.78, 5) is 1.37. The fraction of sp³-hybridized carbons (Fsp3) is 0.231. The second kappa shape index (κ2) is 6.17. The van der Waals surface area contributed by atoms with Crippen LogP contribution in [0, 0.1) is 0 Å². The summed E-state index contributed by atoms with van der Waals surface area (Å²) in [5, 5.41) is 1.95. The van der Waals surface area contributed by atoms with Gasteiger partial charge in [0.05, 0.1) is 4.90 Å². The van der Waals surface area contributed by atoms with Gasteiger partial charge in [0.2, 0.25) is 10.0 Å². The number of thiophene rings is 1. The Bertz CT molecular complexity index is 621. The minimum absolute atomic E-state index is 0.328. The minimum Gasteiger partial charge on any atom is -0.207 e. The molecule has 0 radical (unpaired) electrons. The first kappa shape index (κ1) is 14.7. The number of benzene rings is 1. The standard InChI is InChI=1S/C13H14BrNO2S2/c1-2-15(10-12-4-3-9-18-12)19(16,17)13-7-5-11(14)6-8-13/h3-9H,2,10H2,1H3. The summed E-state index contributed by atoms with van der Waals surface area (Å²) in [6.45, 7) is 2.73. The molecule has 0 N–H and O–H groups in total. The van der Waals surface area contributed by atoms with Crippen molar-refractivity contribution in [2.24, 2.45) is 0 Å². The molecule has 0 aliphatic carbocycles. The van der Waals surface area contributed by atoms with E-state index in [4.69, 9.17) is 0 Å². The molecule has 102 valence electrons. The van der Waals surface area contributed by atoms with E-state index in [9.17, 15) is 8.42 Å². The third kappa shape index (κ3) is 3.45. The topological polar surface area (TPSA) is 37.4 Å². The van der Waals surface area contributed by atoms with Gasteiger partial charge >= 0.3 is 0 Å². The average molecular weight is 360 g/mol. The van der Waals surface area contributed by atoms with Crippen molar-refractivity contribution in [2.45, 2.75) is 18.4 Å². The predicted molar refractivity (Wildman–Crippen MR) is 81.7 cm³/mol. The minimum atomic E-state index is -3.42. The highest BCUT2D eigenvalue weighted by atomic mass is 79.9. The molecule has 0 saturated heterocycles. The average Bonchev–Trinajstić information content (AvgIpc) is 2.89. The quantitative estimate of drug-likeness (QED) is 0.815. The van der Waals surface area contributed by atoms with E-state index in [0.29, 0.717) is 18.0 Å². The molecule has 19 heavy (non-hydrogen) atoms. The summed E-state index contributed by atoms with van der Waals surface area (Å²) in [5.74, 6) is 0. The molecule has 0 spiro atoms. The summed E-state index contributed by atoms with van der Waals surface area (Å²) in [6, 6.07) is 10.6. The number of hydrogen-bond donors (Lipinski definition) is 0. The van der Waals surface area contributed by atoms with Crippen LogP contribution in [0.5, 0.6) is 0 Å². The molecule has 6 heteroatoms. The Hall–Kier alpha value is -0.690. The normalized spacial score (nSPS) is 11.9. The van der Waals surface area contributed by atoms with Crippen LogP contribution in [0.15, 0.2) is 51.1 Å². The van der Waals surface area contributed by atoms with E-state index in [1.807, 2.05) is 24.4 Å². The zero-order valence-electron chi connectivity index (χ0n) is 10.4. The van der Waals surface area contributed by atoms with Crippen LogP contribution in [0.25, 0.3) is 0 Å². The van der Waals surface area contributed by atoms with E-state index >= 15 is 0 Å². The van der Waals surface area contributed by atoms with Gasteiger partial charge in [-0.3, -0.25) is 0 Å². The van der Waals surface area contributed by atoms with Crippen molar-refractivity contribution < 1.29 is 8.42 Å². The Kier molecular flexibility index (Phi) is 4.78. The summed E-state index contributed by atoms with van der Waals surface area (Å²) in [7, 11) is -3.42. The lowest BCUT2D eigenvalue weighted by Crippen LogP contribution is -2.30. The number of halogens is 1. The number of nitrogens with zero attached hydrogens (tertiary/aromatic N) is 1. The van der Waals surface area contributed by atoms with Crippen LogP contribution >= 0.6 is 27.3 Å². The van der Waals surface area contributed by atoms with Crippen molar-refractivity contribution in [1.82, 2.24) is 4.31 Å². The fourth-order valence-electron chi connectivity index (χ4n) is 1.70. The van der Waals surface area contributed by atoms with Crippen LogP contribution in [0.2, 0.25) is 0 Å². The maximum atomic E-state index is 12.5. The fourth-order valence-corrected chi connectivity index (χ4v) is 4.19. The van der Waals surface area contributed by atoms with Gasteiger partial charge in [0, 0.05) is 22.4 Å². The maximum Gasteiger partial charge on any atom is 0.243 e. The van der Waals surface area contributed by atoms with E-state index in [1.54, 1.807) is 35.6 Å². The lowest BCUT2D eigenvalue weighted by atomic mass is 10.4. The second-order valence-electron chi connectivity index (χ2n) is 3.96. The molecule has 2 rings (SSSR count). The Morgan fingerprint density at radius 1 is 1.21 bits per heavy atom. The van der Waals surface area contributed by atoms with Gasteiger partial charge in [0.15, 0.2) is 0 Å². The maximum absolute atomic E-state index is 12.5. The van der Waals surface area contributed by atoms with Crippen molar-refractivity contribution in [3.05, 3.63) is 51.1 Å². The highest BCUT2D eigenvalue weighted by Gasteiger charge is 2.23. The first-order valence-corrected chi connectivity index (χ1v) is 8.93. The molecule has 0 unspecified atom stereocenters. The zero-order chi connectivity index (χ0) is 13.9. The first-order chi connectivity index (χ1) is 9.04. The second-order valence-corrected chi connectivity index (χ2v) is 7.85. The molecule has 1 aromatic heterocycles. The van der Waals surface area contributed by atoms with Crippen LogP contribution in [0.4, 0.5) is 0 Å². The molecule has 0 aliphatic heterocycles. The highest BCUT2D eigenvalue weighted by molar-refractivity contribution is 9.10. The lowest BCUT2D eigenvalue weighted by molar-refractivity contribution is 0.426. The monoisotopic (exact) mass is 359 g/mol. The van der Waals surface area contributed by atoms with Crippen molar-refractivity contribution >= 4 is 37.3 Å². The van der Waals surface area contributed by atoms with Gasteiger partial charge in [-0.1, -0.05) is 28.9 Å². The molecule has 1 aromatic carbocycles. The van der Waals surface area contributed by atoms with Crippen LogP contribution in [-0.2, 0) is 16.6 Å². The van der Waals surface area contributed by atoms with Crippen LogP contribution < -0.4 is 0 Å². The number of rotatable bonds is 5. The van der Waals surface area contributed by atoms with E-state index < -0.39 is 10.0 Å². The summed E-state index contributed by atoms with van der Waals surface area (Å²) in [5.41, 5.74) is 0. The lowest BCUT2D eigenvalue weighted by Gasteiger charge is -2.19. The van der Waals surface area contributed by atoms with Gasteiger partial charge in [0.1, 0.15) is 0 Å². The molecule has 1 heterocycles. The molecule has 0 aliphatic rings. The molecular formula is C13H14BrNO2S2. The molecule has 0 amide bonds. The molecule has 0 saturated carbocycles. The third-order valence-electron chi connectivity index (χ3n) is 2.72. The van der Waals surface area contributed by atoms with E-state index in [0.717, 1.165) is 9.35 Å². The van der Waals surface area contributed by atoms with Crippen molar-refractivity contribution in [2.75, 3.05) is 6.54 Å². The zero-order valence-corrected chi connectivity index (χ0v) is 13.6. The summed E-state index contributed by atoms with van der Waals surface area (Å²) >= 11 is 4.87. The molecule has 3 nitrogen and oxygen atoms in total. The Balaban J connectivity index is 2.28. The summed E-state index contributed by atoms with van der Waals surface area (Å²) < 4.78 is 27.4. The van der Waals surface area contributed by atoms with E-state index in [1.165, 1.54) is 4.31 Å². The van der Waals surface area contributed by atoms with Gasteiger partial charge in [-0.15, -0.1) is 11.3 Å². The molecule has 0 atom stereocenters. The number of sulfonamides is 1. The third-order valence-corrected chi connectivity index (χ3v) is 6.04. The van der Waals surface area contributed by atoms with E-state index in [-0.39, 0.29) is 0 Å². The smallest absolute Gasteiger partial charge is 0.207 e. The largest absolute Gasteiger partial charge is 0.243 e. The molecule has 2 aromatic rings. The first-order valence-electron chi connectivity index (χ1n) is 5.82. The van der Waals surface area contributed by atoms with Gasteiger partial charge in [-0.2, -0.15) is 4.31 Å². The van der Waals surface area contributed by atoms with Gasteiger partial charge in [-0.25, -0.2) is 8.42 Å². The van der Waals surface area contributed by atoms with Crippen LogP contribution in [0.1, 0.15) is 11.8 Å². The molecule has 0 fully saturated rings. The van der Waals surface area contributed by atoms with Gasteiger partial charge in [-0.05, 0) is 35.7 Å². The predicted octanol–water partition coefficient (Wildman–Crippen LogP) is 3.72. The van der Waals surface area contributed by atoms with Gasteiger partial charge < -0.3 is 0 Å². The Labute approximate surface area is 126 Å². The van der Waals surface area contributed by atoms with Crippen molar-refractivity contribution in [3.63, 3.8) is 0 Å². The highest BCUT2D eigenvalue weighted by Crippen LogP contribution is 2.21. The molecule has 0 bridgehead atoms. The Morgan fingerprint density at radius 3 is 2.42 bits per heavy atom. The van der Waals surface area contributed by atoms with Gasteiger partial charge in [0.25, 0.3) is 0 Å². The van der Waals surface area contributed by atoms with Crippen molar-refractivity contribution in [1.29, 1.82) is 0 Å². The molecular weight excluding hydrogens is 346 g/mol. The van der Waals surface area contributed by atoms with E-state index in [2.05, 4.69) is 15.9 Å². The number of hydrogen-bond acceptors (Lipinski definition) is 3. The summed E-state index contributed by atoms with van der Waals surface area (Å²) in [6.07, 6.45) is 0. The van der Waals surface area contributed by atoms with Crippen LogP contribution in [-0.4, -0.2) is 19.3 Å². The van der Waals surface area contributed by atoms with Crippen molar-refractivity contribution in [3.8, 4) is 0 Å². The van der Waals surface area contributed by atoms with Crippen LogP contribution in [0.3, 0.4) is 0 Å².